The van der Waals surface area contributed by atoms with Crippen LogP contribution in [-0.2, 0) is 6.54 Å². The minimum atomic E-state index is 0.0252. The van der Waals surface area contributed by atoms with Crippen molar-refractivity contribution in [2.75, 3.05) is 32.2 Å². The van der Waals surface area contributed by atoms with Crippen LogP contribution in [-0.4, -0.2) is 44.2 Å². The summed E-state index contributed by atoms with van der Waals surface area (Å²) in [6, 6.07) is 15.9. The van der Waals surface area contributed by atoms with Crippen molar-refractivity contribution in [3.05, 3.63) is 76.0 Å². The van der Waals surface area contributed by atoms with E-state index in [1.807, 2.05) is 54.3 Å². The van der Waals surface area contributed by atoms with Gasteiger partial charge in [0, 0.05) is 43.0 Å². The Labute approximate surface area is 194 Å². The summed E-state index contributed by atoms with van der Waals surface area (Å²) in [5.74, 6) is 1.31. The van der Waals surface area contributed by atoms with E-state index in [9.17, 15) is 4.79 Å². The number of hydrogen-bond acceptors (Lipinski definition) is 5. The first-order valence-corrected chi connectivity index (χ1v) is 11.9. The van der Waals surface area contributed by atoms with Crippen LogP contribution in [0.2, 0.25) is 0 Å². The van der Waals surface area contributed by atoms with E-state index in [4.69, 9.17) is 9.47 Å². The summed E-state index contributed by atoms with van der Waals surface area (Å²) in [4.78, 5) is 18.2. The molecule has 1 aliphatic heterocycles. The number of piperidine rings is 1. The van der Waals surface area contributed by atoms with Gasteiger partial charge >= 0.3 is 0 Å². The predicted octanol–water partition coefficient (Wildman–Crippen LogP) is 5.39. The summed E-state index contributed by atoms with van der Waals surface area (Å²) in [6.07, 6.45) is 1.85. The minimum Gasteiger partial charge on any atom is -0.493 e. The van der Waals surface area contributed by atoms with Gasteiger partial charge in [-0.05, 0) is 66.4 Å². The molecule has 5 nitrogen and oxygen atoms in total. The topological polar surface area (TPSA) is 42.0 Å². The molecule has 0 unspecified atom stereocenters. The number of ether oxygens (including phenoxy) is 2. The number of benzene rings is 2. The van der Waals surface area contributed by atoms with E-state index in [0.717, 1.165) is 43.7 Å². The second-order valence-electron chi connectivity index (χ2n) is 8.22. The molecular formula is C26H30N2O3S. The Morgan fingerprint density at radius 2 is 1.84 bits per heavy atom. The van der Waals surface area contributed by atoms with Crippen LogP contribution in [0.4, 0.5) is 5.69 Å². The van der Waals surface area contributed by atoms with E-state index in [2.05, 4.69) is 21.7 Å². The highest BCUT2D eigenvalue weighted by molar-refractivity contribution is 7.07. The van der Waals surface area contributed by atoms with Crippen LogP contribution in [0.3, 0.4) is 0 Å². The van der Waals surface area contributed by atoms with Gasteiger partial charge in [0.15, 0.2) is 11.5 Å². The van der Waals surface area contributed by atoms with Gasteiger partial charge in [0.25, 0.3) is 5.91 Å². The molecule has 168 valence electrons. The fourth-order valence-electron chi connectivity index (χ4n) is 4.36. The Bertz CT molecular complexity index is 1040. The molecule has 32 heavy (non-hydrogen) atoms. The fraction of sp³-hybridized carbons (Fsp3) is 0.346. The number of likely N-dealkylation sites (tertiary alicyclic amines) is 1. The Balaban J connectivity index is 1.60. The van der Waals surface area contributed by atoms with E-state index in [1.165, 1.54) is 5.56 Å². The molecule has 2 aromatic carbocycles. The highest BCUT2D eigenvalue weighted by Gasteiger charge is 2.30. The van der Waals surface area contributed by atoms with E-state index >= 15 is 0 Å². The summed E-state index contributed by atoms with van der Waals surface area (Å²) in [5, 5.41) is 4.34. The van der Waals surface area contributed by atoms with Gasteiger partial charge in [-0.3, -0.25) is 9.69 Å². The quantitative estimate of drug-likeness (QED) is 0.484. The van der Waals surface area contributed by atoms with Crippen molar-refractivity contribution >= 4 is 22.9 Å². The van der Waals surface area contributed by atoms with Crippen molar-refractivity contribution in [3.8, 4) is 11.5 Å². The third-order valence-electron chi connectivity index (χ3n) is 6.04. The molecule has 2 heterocycles. The first-order chi connectivity index (χ1) is 15.6. The molecular weight excluding hydrogens is 420 g/mol. The number of methoxy groups -OCH3 is 2. The number of carbonyl (C=O) groups is 1. The lowest BCUT2D eigenvalue weighted by Crippen LogP contribution is -2.47. The lowest BCUT2D eigenvalue weighted by atomic mass is 10.00. The van der Waals surface area contributed by atoms with Crippen LogP contribution in [0.5, 0.6) is 11.5 Å². The number of nitrogens with zero attached hydrogens (tertiary/aromatic N) is 2. The Morgan fingerprint density at radius 3 is 2.50 bits per heavy atom. The van der Waals surface area contributed by atoms with Crippen molar-refractivity contribution in [3.63, 3.8) is 0 Å². The zero-order valence-corrected chi connectivity index (χ0v) is 19.7. The highest BCUT2D eigenvalue weighted by Crippen LogP contribution is 2.34. The van der Waals surface area contributed by atoms with Gasteiger partial charge in [-0.15, -0.1) is 0 Å². The van der Waals surface area contributed by atoms with Crippen LogP contribution >= 0.6 is 11.3 Å². The first kappa shape index (κ1) is 22.4. The largest absolute Gasteiger partial charge is 0.493 e. The monoisotopic (exact) mass is 450 g/mol. The SMILES string of the molecule is COc1ccc(N(C(=O)c2cccc(C)c2)C2CCN(Cc3ccsc3)CC2)cc1OC. The molecule has 0 bridgehead atoms. The average molecular weight is 451 g/mol. The van der Waals surface area contributed by atoms with E-state index in [-0.39, 0.29) is 11.9 Å². The zero-order valence-electron chi connectivity index (χ0n) is 18.9. The standard InChI is InChI=1S/C26H30N2O3S/c1-19-5-4-6-21(15-19)26(29)28(23-7-8-24(30-2)25(16-23)31-3)22-9-12-27(13-10-22)17-20-11-14-32-18-20/h4-8,11,14-16,18,22H,9-10,12-13,17H2,1-3H3. The van der Waals surface area contributed by atoms with E-state index < -0.39 is 0 Å². The number of carbonyl (C=O) groups excluding carboxylic acids is 1. The summed E-state index contributed by atoms with van der Waals surface area (Å²) in [5.41, 5.74) is 3.99. The Morgan fingerprint density at radius 1 is 1.06 bits per heavy atom. The number of rotatable bonds is 7. The third kappa shape index (κ3) is 4.97. The minimum absolute atomic E-state index is 0.0252. The molecule has 1 amide bonds. The van der Waals surface area contributed by atoms with Crippen molar-refractivity contribution in [2.45, 2.75) is 32.4 Å². The van der Waals surface area contributed by atoms with Crippen molar-refractivity contribution in [2.24, 2.45) is 0 Å². The summed E-state index contributed by atoms with van der Waals surface area (Å²) in [7, 11) is 3.24. The summed E-state index contributed by atoms with van der Waals surface area (Å²) >= 11 is 1.74. The molecule has 6 heteroatoms. The summed E-state index contributed by atoms with van der Waals surface area (Å²) in [6.45, 7) is 4.91. The Hall–Kier alpha value is -2.83. The molecule has 1 fully saturated rings. The number of amides is 1. The maximum absolute atomic E-state index is 13.7. The molecule has 1 saturated heterocycles. The van der Waals surface area contributed by atoms with Gasteiger partial charge in [-0.2, -0.15) is 11.3 Å². The van der Waals surface area contributed by atoms with Gasteiger partial charge in [0.2, 0.25) is 0 Å². The van der Waals surface area contributed by atoms with Crippen molar-refractivity contribution in [1.29, 1.82) is 0 Å². The lowest BCUT2D eigenvalue weighted by Gasteiger charge is -2.38. The maximum atomic E-state index is 13.7. The molecule has 4 rings (SSSR count). The second-order valence-corrected chi connectivity index (χ2v) is 9.00. The Kier molecular flexibility index (Phi) is 7.12. The van der Waals surface area contributed by atoms with Gasteiger partial charge in [0.1, 0.15) is 0 Å². The van der Waals surface area contributed by atoms with Crippen LogP contribution in [0.15, 0.2) is 59.3 Å². The smallest absolute Gasteiger partial charge is 0.258 e. The fourth-order valence-corrected chi connectivity index (χ4v) is 5.02. The van der Waals surface area contributed by atoms with Crippen LogP contribution < -0.4 is 14.4 Å². The van der Waals surface area contributed by atoms with Gasteiger partial charge in [-0.25, -0.2) is 0 Å². The van der Waals surface area contributed by atoms with Crippen LogP contribution in [0.1, 0.15) is 34.3 Å². The predicted molar refractivity (Wildman–Crippen MR) is 130 cm³/mol. The molecule has 1 aliphatic rings. The van der Waals surface area contributed by atoms with E-state index in [0.29, 0.717) is 17.1 Å². The summed E-state index contributed by atoms with van der Waals surface area (Å²) < 4.78 is 10.9. The molecule has 0 atom stereocenters. The average Bonchev–Trinajstić information content (AvgIpc) is 3.33. The van der Waals surface area contributed by atoms with Gasteiger partial charge in [0.05, 0.1) is 14.2 Å². The van der Waals surface area contributed by atoms with Gasteiger partial charge < -0.3 is 14.4 Å². The number of hydrogen-bond donors (Lipinski definition) is 0. The highest BCUT2D eigenvalue weighted by atomic mass is 32.1. The molecule has 0 spiro atoms. The van der Waals surface area contributed by atoms with Crippen LogP contribution in [0, 0.1) is 6.92 Å². The molecule has 3 aromatic rings. The molecule has 0 N–H and O–H groups in total. The zero-order chi connectivity index (χ0) is 22.5. The number of thiophene rings is 1. The first-order valence-electron chi connectivity index (χ1n) is 10.9. The second kappa shape index (κ2) is 10.2. The molecule has 1 aromatic heterocycles. The third-order valence-corrected chi connectivity index (χ3v) is 6.77. The molecule has 0 saturated carbocycles. The number of anilines is 1. The van der Waals surface area contributed by atoms with Gasteiger partial charge in [-0.1, -0.05) is 17.7 Å². The lowest BCUT2D eigenvalue weighted by molar-refractivity contribution is 0.0958. The van der Waals surface area contributed by atoms with Crippen molar-refractivity contribution in [1.82, 2.24) is 4.90 Å². The van der Waals surface area contributed by atoms with Crippen molar-refractivity contribution < 1.29 is 14.3 Å². The molecule has 0 aliphatic carbocycles. The number of aryl methyl sites for hydroxylation is 1. The molecule has 0 radical (unpaired) electrons. The normalized spacial score (nSPS) is 14.8. The maximum Gasteiger partial charge on any atom is 0.258 e. The van der Waals surface area contributed by atoms with Crippen LogP contribution in [0.25, 0.3) is 0 Å². The van der Waals surface area contributed by atoms with E-state index in [1.54, 1.807) is 25.6 Å².